The number of rotatable bonds is 8. The van der Waals surface area contributed by atoms with Gasteiger partial charge in [0.25, 0.3) is 0 Å². The predicted molar refractivity (Wildman–Crippen MR) is 140 cm³/mol. The zero-order chi connectivity index (χ0) is 24.2. The first kappa shape index (κ1) is 24.6. The molecule has 0 atom stereocenters. The van der Waals surface area contributed by atoms with Crippen LogP contribution in [-0.4, -0.2) is 28.0 Å². The first-order chi connectivity index (χ1) is 16.3. The van der Waals surface area contributed by atoms with Crippen LogP contribution in [0.3, 0.4) is 0 Å². The van der Waals surface area contributed by atoms with Crippen LogP contribution < -0.4 is 4.90 Å². The van der Waals surface area contributed by atoms with Crippen LogP contribution in [-0.2, 0) is 17.6 Å². The highest BCUT2D eigenvalue weighted by Crippen LogP contribution is 2.41. The summed E-state index contributed by atoms with van der Waals surface area (Å²) in [6, 6.07) is 9.89. The smallest absolute Gasteiger partial charge is 0.338 e. The third kappa shape index (κ3) is 5.58. The van der Waals surface area contributed by atoms with Crippen LogP contribution in [0.4, 0.5) is 5.00 Å². The Morgan fingerprint density at radius 1 is 1.12 bits per heavy atom. The summed E-state index contributed by atoms with van der Waals surface area (Å²) in [4.78, 5) is 32.6. The number of aryl methyl sites for hydroxylation is 2. The number of aromatic nitrogens is 1. The van der Waals surface area contributed by atoms with Crippen molar-refractivity contribution >= 4 is 39.6 Å². The number of carboxylic acid groups (broad SMARTS) is 1. The van der Waals surface area contributed by atoms with Gasteiger partial charge in [-0.3, -0.25) is 4.79 Å². The number of carbonyl (C=O) groups excluding carboxylic acids is 1. The molecule has 0 bridgehead atoms. The Bertz CT molecular complexity index is 1110. The standard InChI is InChI=1S/C27H32N2O3S2/c1-17(2)29(25(30)21-9-4-18(3)5-10-21)26-23(27(31)32)14-24(34-26)20-11-6-19(7-12-20)8-13-22-15-33-16-28-22/h6-7,11-12,14-18,21H,4-5,8-10,13H2,1-3H3,(H,31,32). The van der Waals surface area contributed by atoms with E-state index in [0.29, 0.717) is 10.9 Å². The Hall–Kier alpha value is -2.51. The largest absolute Gasteiger partial charge is 0.478 e. The van der Waals surface area contributed by atoms with E-state index in [9.17, 15) is 14.7 Å². The summed E-state index contributed by atoms with van der Waals surface area (Å²) >= 11 is 3.01. The number of aromatic carboxylic acids is 1. The Morgan fingerprint density at radius 2 is 1.82 bits per heavy atom. The molecule has 5 nitrogen and oxygen atoms in total. The molecule has 7 heteroatoms. The number of thiophene rings is 1. The minimum atomic E-state index is -0.993. The second kappa shape index (κ2) is 10.8. The van der Waals surface area contributed by atoms with Crippen LogP contribution in [0.5, 0.6) is 0 Å². The molecule has 1 saturated carbocycles. The van der Waals surface area contributed by atoms with Crippen LogP contribution in [0, 0.1) is 11.8 Å². The topological polar surface area (TPSA) is 70.5 Å². The van der Waals surface area contributed by atoms with E-state index in [0.717, 1.165) is 54.7 Å². The zero-order valence-corrected chi connectivity index (χ0v) is 21.6. The van der Waals surface area contributed by atoms with Gasteiger partial charge in [-0.2, -0.15) is 0 Å². The van der Waals surface area contributed by atoms with Gasteiger partial charge in [-0.05, 0) is 75.5 Å². The molecule has 0 spiro atoms. The van der Waals surface area contributed by atoms with Gasteiger partial charge in [0.1, 0.15) is 5.00 Å². The molecule has 2 aromatic heterocycles. The summed E-state index contributed by atoms with van der Waals surface area (Å²) in [5.74, 6) is -0.296. The molecule has 3 aromatic rings. The van der Waals surface area contributed by atoms with Crippen molar-refractivity contribution in [3.05, 3.63) is 58.0 Å². The van der Waals surface area contributed by atoms with Crippen molar-refractivity contribution in [2.75, 3.05) is 4.90 Å². The second-order valence-corrected chi connectivity index (χ2v) is 11.3. The molecule has 0 saturated heterocycles. The number of anilines is 1. The molecule has 1 amide bonds. The molecule has 1 aliphatic rings. The maximum atomic E-state index is 13.5. The van der Waals surface area contributed by atoms with Crippen molar-refractivity contribution in [3.8, 4) is 10.4 Å². The van der Waals surface area contributed by atoms with Crippen molar-refractivity contribution in [1.29, 1.82) is 0 Å². The van der Waals surface area contributed by atoms with Gasteiger partial charge < -0.3 is 10.0 Å². The first-order valence-electron chi connectivity index (χ1n) is 12.0. The number of carbonyl (C=O) groups is 2. The average Bonchev–Trinajstić information content (AvgIpc) is 3.49. The van der Waals surface area contributed by atoms with Gasteiger partial charge in [-0.15, -0.1) is 22.7 Å². The van der Waals surface area contributed by atoms with Crippen LogP contribution in [0.15, 0.2) is 41.2 Å². The van der Waals surface area contributed by atoms with Crippen molar-refractivity contribution < 1.29 is 14.7 Å². The third-order valence-corrected chi connectivity index (χ3v) is 8.49. The predicted octanol–water partition coefficient (Wildman–Crippen LogP) is 6.92. The lowest BCUT2D eigenvalue weighted by atomic mass is 9.82. The lowest BCUT2D eigenvalue weighted by molar-refractivity contribution is -0.123. The summed E-state index contributed by atoms with van der Waals surface area (Å²) in [6.45, 7) is 6.16. The van der Waals surface area contributed by atoms with Crippen molar-refractivity contribution in [2.45, 2.75) is 65.3 Å². The number of hydrogen-bond donors (Lipinski definition) is 1. The molecule has 1 aromatic carbocycles. The van der Waals surface area contributed by atoms with E-state index in [2.05, 4.69) is 29.4 Å². The van der Waals surface area contributed by atoms with Gasteiger partial charge in [0.05, 0.1) is 16.8 Å². The van der Waals surface area contributed by atoms with E-state index < -0.39 is 5.97 Å². The number of thiazole rings is 1. The maximum Gasteiger partial charge on any atom is 0.338 e. The van der Waals surface area contributed by atoms with Gasteiger partial charge in [0.15, 0.2) is 0 Å². The van der Waals surface area contributed by atoms with Crippen molar-refractivity contribution in [3.63, 3.8) is 0 Å². The summed E-state index contributed by atoms with van der Waals surface area (Å²) in [5, 5.41) is 12.6. The van der Waals surface area contributed by atoms with Crippen molar-refractivity contribution in [1.82, 2.24) is 4.98 Å². The average molecular weight is 497 g/mol. The van der Waals surface area contributed by atoms with Crippen molar-refractivity contribution in [2.24, 2.45) is 11.8 Å². The summed E-state index contributed by atoms with van der Waals surface area (Å²) in [7, 11) is 0. The van der Waals surface area contributed by atoms with E-state index in [4.69, 9.17) is 0 Å². The molecule has 180 valence electrons. The highest BCUT2D eigenvalue weighted by atomic mass is 32.1. The molecule has 2 heterocycles. The molecule has 34 heavy (non-hydrogen) atoms. The Morgan fingerprint density at radius 3 is 2.41 bits per heavy atom. The number of benzene rings is 1. The molecule has 0 radical (unpaired) electrons. The van der Waals surface area contributed by atoms with Gasteiger partial charge in [0.2, 0.25) is 5.91 Å². The highest BCUT2D eigenvalue weighted by molar-refractivity contribution is 7.20. The molecule has 1 aliphatic carbocycles. The summed E-state index contributed by atoms with van der Waals surface area (Å²) in [5.41, 5.74) is 5.36. The van der Waals surface area contributed by atoms with Gasteiger partial charge in [-0.1, -0.05) is 31.2 Å². The Balaban J connectivity index is 1.57. The van der Waals surface area contributed by atoms with Crippen LogP contribution >= 0.6 is 22.7 Å². The van der Waals surface area contributed by atoms with E-state index in [-0.39, 0.29) is 23.4 Å². The van der Waals surface area contributed by atoms with E-state index in [1.54, 1.807) is 22.3 Å². The Labute approximate surface area is 209 Å². The molecular weight excluding hydrogens is 464 g/mol. The molecular formula is C27H32N2O3S2. The Kier molecular flexibility index (Phi) is 7.84. The fraction of sp³-hybridized carbons (Fsp3) is 0.444. The normalized spacial score (nSPS) is 18.2. The van der Waals surface area contributed by atoms with E-state index >= 15 is 0 Å². The van der Waals surface area contributed by atoms with E-state index in [1.807, 2.05) is 31.5 Å². The van der Waals surface area contributed by atoms with Gasteiger partial charge in [0, 0.05) is 22.2 Å². The maximum absolute atomic E-state index is 13.5. The second-order valence-electron chi connectivity index (χ2n) is 9.57. The lowest BCUT2D eigenvalue weighted by Crippen LogP contribution is -2.42. The van der Waals surface area contributed by atoms with Gasteiger partial charge >= 0.3 is 5.97 Å². The summed E-state index contributed by atoms with van der Waals surface area (Å²) < 4.78 is 0. The number of nitrogens with zero attached hydrogens (tertiary/aromatic N) is 2. The molecule has 0 unspecified atom stereocenters. The zero-order valence-electron chi connectivity index (χ0n) is 20.0. The molecule has 0 aliphatic heterocycles. The molecule has 1 N–H and O–H groups in total. The first-order valence-corrected chi connectivity index (χ1v) is 13.8. The summed E-state index contributed by atoms with van der Waals surface area (Å²) in [6.07, 6.45) is 5.69. The minimum absolute atomic E-state index is 0.0252. The van der Waals surface area contributed by atoms with Gasteiger partial charge in [-0.25, -0.2) is 9.78 Å². The van der Waals surface area contributed by atoms with E-state index in [1.165, 1.54) is 16.9 Å². The fourth-order valence-corrected chi connectivity index (χ4v) is 6.50. The van der Waals surface area contributed by atoms with Crippen LogP contribution in [0.2, 0.25) is 0 Å². The quantitative estimate of drug-likeness (QED) is 0.367. The van der Waals surface area contributed by atoms with Crippen LogP contribution in [0.1, 0.15) is 68.1 Å². The lowest BCUT2D eigenvalue weighted by Gasteiger charge is -2.33. The monoisotopic (exact) mass is 496 g/mol. The minimum Gasteiger partial charge on any atom is -0.478 e. The van der Waals surface area contributed by atoms with Crippen LogP contribution in [0.25, 0.3) is 10.4 Å². The third-order valence-electron chi connectivity index (χ3n) is 6.67. The SMILES string of the molecule is CC1CCC(C(=O)N(c2sc(-c3ccc(CCc4cscn4)cc3)cc2C(=O)O)C(C)C)CC1. The number of carboxylic acids is 1. The number of amides is 1. The molecule has 4 rings (SSSR count). The number of hydrogen-bond acceptors (Lipinski definition) is 5. The highest BCUT2D eigenvalue weighted by Gasteiger charge is 2.33. The molecule has 1 fully saturated rings. The fourth-order valence-electron chi connectivity index (χ4n) is 4.62.